The normalized spacial score (nSPS) is 0. The third-order valence-electron chi connectivity index (χ3n) is 0. The second kappa shape index (κ2) is 20.1. The Kier molecular flexibility index (Phi) is 189. The summed E-state index contributed by atoms with van der Waals surface area (Å²) in [7, 11) is 0. The van der Waals surface area contributed by atoms with Crippen molar-refractivity contribution < 1.29 is 33.3 Å². The molecule has 0 aliphatic carbocycles. The van der Waals surface area contributed by atoms with Crippen LogP contribution in [0.3, 0.4) is 0 Å². The quantitative estimate of drug-likeness (QED) is 0.469. The van der Waals surface area contributed by atoms with Crippen LogP contribution in [0.5, 0.6) is 0 Å². The van der Waals surface area contributed by atoms with E-state index in [0.717, 1.165) is 0 Å². The fourth-order valence-electron chi connectivity index (χ4n) is 0. The summed E-state index contributed by atoms with van der Waals surface area (Å²) in [4.78, 5) is 0. The number of hydrogen-bond acceptors (Lipinski definition) is 0. The van der Waals surface area contributed by atoms with Crippen molar-refractivity contribution in [1.82, 2.24) is 0 Å². The molecule has 0 aliphatic rings. The first kappa shape index (κ1) is 37.7. The smallest absolute Gasteiger partial charge is 0 e. The zero-order chi connectivity index (χ0) is 0. The summed E-state index contributed by atoms with van der Waals surface area (Å²) in [5.74, 6) is 0. The second-order valence-corrected chi connectivity index (χ2v) is 0. The largest absolute Gasteiger partial charge is 0.0814 e. The van der Waals surface area contributed by atoms with Gasteiger partial charge in [0.15, 0.2) is 0 Å². The van der Waals surface area contributed by atoms with E-state index < -0.39 is 0 Å². The molecule has 0 saturated carbocycles. The standard InChI is InChI=1S/BH3.Co.Ni.Tl/h1H3;;;. The molecule has 0 saturated heterocycles. The number of hydrogen-bond donors (Lipinski definition) is 0. The summed E-state index contributed by atoms with van der Waals surface area (Å²) in [6, 6.07) is 0. The molecule has 0 amide bonds. The second-order valence-electron chi connectivity index (χ2n) is 0. The van der Waals surface area contributed by atoms with E-state index in [2.05, 4.69) is 0 Å². The third-order valence-corrected chi connectivity index (χ3v) is 0. The Morgan fingerprint density at radius 3 is 1.00 bits per heavy atom. The Balaban J connectivity index is 0. The first-order chi connectivity index (χ1) is 0. The monoisotopic (exact) mass is 336 g/mol. The molecule has 0 unspecified atom stereocenters. The van der Waals surface area contributed by atoms with Crippen LogP contribution in [0.25, 0.3) is 0 Å². The van der Waals surface area contributed by atoms with Crippen molar-refractivity contribution in [2.24, 2.45) is 0 Å². The molecule has 0 bridgehead atoms. The average molecular weight is 336 g/mol. The molecule has 4 heteroatoms. The molecule has 2 radical (unpaired) electrons. The average Bonchev–Trinajstić information content (AvgIpc) is 0. The van der Waals surface area contributed by atoms with Crippen molar-refractivity contribution in [3.05, 3.63) is 0 Å². The summed E-state index contributed by atoms with van der Waals surface area (Å²) in [6.07, 6.45) is 0. The van der Waals surface area contributed by atoms with Crippen LogP contribution in [-0.4, -0.2) is 35.7 Å². The van der Waals surface area contributed by atoms with Gasteiger partial charge in [0.05, 0.1) is 8.41 Å². The maximum absolute atomic E-state index is 0. The van der Waals surface area contributed by atoms with Crippen LogP contribution in [0.4, 0.5) is 0 Å². The summed E-state index contributed by atoms with van der Waals surface area (Å²) in [5, 5.41) is 0. The Bertz CT molecular complexity index is 8.00. The molecule has 0 aliphatic heterocycles. The molecule has 4 heavy (non-hydrogen) atoms. The van der Waals surface area contributed by atoms with Crippen LogP contribution in [0.1, 0.15) is 0 Å². The summed E-state index contributed by atoms with van der Waals surface area (Å²) >= 11 is 0. The minimum absolute atomic E-state index is 0. The van der Waals surface area contributed by atoms with Crippen molar-refractivity contribution in [3.8, 4) is 0 Å². The molecule has 0 heterocycles. The Labute approximate surface area is 68.3 Å². The van der Waals surface area contributed by atoms with E-state index in [4.69, 9.17) is 0 Å². The predicted molar refractivity (Wildman–Crippen MR) is 15.7 cm³/mol. The Hall–Kier alpha value is 1.99. The van der Waals surface area contributed by atoms with E-state index in [1.807, 2.05) is 0 Å². The van der Waals surface area contributed by atoms with E-state index in [9.17, 15) is 0 Å². The van der Waals surface area contributed by atoms with E-state index in [1.165, 1.54) is 0 Å². The molecule has 0 aromatic rings. The number of rotatable bonds is 0. The van der Waals surface area contributed by atoms with Crippen molar-refractivity contribution in [2.45, 2.75) is 0 Å². The molecule has 0 spiro atoms. The maximum atomic E-state index is 0. The topological polar surface area (TPSA) is 0 Å². The van der Waals surface area contributed by atoms with Gasteiger partial charge in [0, 0.05) is 60.6 Å². The minimum atomic E-state index is 0. The van der Waals surface area contributed by atoms with Crippen LogP contribution >= 0.6 is 0 Å². The zero-order valence-electron chi connectivity index (χ0n) is 1.23. The van der Waals surface area contributed by atoms with Gasteiger partial charge in [-0.3, -0.25) is 0 Å². The summed E-state index contributed by atoms with van der Waals surface area (Å²) in [5.41, 5.74) is 0. The fourth-order valence-corrected chi connectivity index (χ4v) is 0. The molecule has 0 atom stereocenters. The molecule has 0 N–H and O–H groups in total. The van der Waals surface area contributed by atoms with Crippen molar-refractivity contribution in [1.29, 1.82) is 0 Å². The van der Waals surface area contributed by atoms with Gasteiger partial charge in [0.25, 0.3) is 0 Å². The SMILES string of the molecule is B.[Co].[Ni].[Tl]. The summed E-state index contributed by atoms with van der Waals surface area (Å²) < 4.78 is 0. The predicted octanol–water partition coefficient (Wildman–Crippen LogP) is -1.57. The molecule has 0 rings (SSSR count). The van der Waals surface area contributed by atoms with E-state index in [0.29, 0.717) is 0 Å². The Morgan fingerprint density at radius 2 is 1.00 bits per heavy atom. The van der Waals surface area contributed by atoms with E-state index in [1.54, 1.807) is 0 Å². The van der Waals surface area contributed by atoms with Gasteiger partial charge >= 0.3 is 0 Å². The van der Waals surface area contributed by atoms with Crippen LogP contribution in [0, 0.1) is 0 Å². The fraction of sp³-hybridized carbons (Fsp3) is 0. The van der Waals surface area contributed by atoms with Crippen LogP contribution in [0.2, 0.25) is 0 Å². The molecule has 0 nitrogen and oxygen atoms in total. The van der Waals surface area contributed by atoms with Gasteiger partial charge in [0.2, 0.25) is 0 Å². The van der Waals surface area contributed by atoms with Gasteiger partial charge in [-0.2, -0.15) is 0 Å². The van der Waals surface area contributed by atoms with Crippen molar-refractivity contribution >= 4 is 35.7 Å². The maximum Gasteiger partial charge on any atom is 0.0814 e. The summed E-state index contributed by atoms with van der Waals surface area (Å²) in [6.45, 7) is 0. The molecule has 0 fully saturated rings. The van der Waals surface area contributed by atoms with Gasteiger partial charge in [-0.05, 0) is 0 Å². The van der Waals surface area contributed by atoms with Crippen LogP contribution < -0.4 is 0 Å². The van der Waals surface area contributed by atoms with Crippen LogP contribution in [0.15, 0.2) is 0 Å². The molecular formula is H3BCoNiTl. The molecule has 28 valence electrons. The van der Waals surface area contributed by atoms with Crippen LogP contribution in [-0.2, 0) is 33.3 Å². The van der Waals surface area contributed by atoms with Gasteiger partial charge in [0.1, 0.15) is 0 Å². The van der Waals surface area contributed by atoms with Gasteiger partial charge in [-0.25, -0.2) is 0 Å². The Morgan fingerprint density at radius 1 is 1.00 bits per heavy atom. The first-order valence-corrected chi connectivity index (χ1v) is 0. The van der Waals surface area contributed by atoms with Crippen molar-refractivity contribution in [2.75, 3.05) is 0 Å². The van der Waals surface area contributed by atoms with Gasteiger partial charge < -0.3 is 0 Å². The van der Waals surface area contributed by atoms with E-state index in [-0.39, 0.29) is 69.0 Å². The molecule has 0 aromatic carbocycles. The minimum Gasteiger partial charge on any atom is 0 e. The zero-order valence-corrected chi connectivity index (χ0v) is 7.74. The van der Waals surface area contributed by atoms with Crippen molar-refractivity contribution in [3.63, 3.8) is 0 Å². The van der Waals surface area contributed by atoms with E-state index >= 15 is 0 Å². The van der Waals surface area contributed by atoms with Gasteiger partial charge in [-0.15, -0.1) is 0 Å². The first-order valence-electron chi connectivity index (χ1n) is 0. The van der Waals surface area contributed by atoms with Gasteiger partial charge in [-0.1, -0.05) is 0 Å². The molecular weight excluding hydrogens is 333 g/mol. The molecule has 0 aromatic heterocycles. The third kappa shape index (κ3) is 9.01.